The zero-order valence-corrected chi connectivity index (χ0v) is 16.0. The molecule has 2 aromatic carbocycles. The number of fused-ring (bicyclic) bond motifs is 1. The smallest absolute Gasteiger partial charge is 0.258 e. The summed E-state index contributed by atoms with van der Waals surface area (Å²) in [7, 11) is 0. The highest BCUT2D eigenvalue weighted by Crippen LogP contribution is 2.27. The summed E-state index contributed by atoms with van der Waals surface area (Å²) in [6.45, 7) is 2.38. The van der Waals surface area contributed by atoms with Gasteiger partial charge in [-0.3, -0.25) is 9.20 Å². The Kier molecular flexibility index (Phi) is 5.08. The fourth-order valence-corrected chi connectivity index (χ4v) is 3.86. The van der Waals surface area contributed by atoms with Crippen molar-refractivity contribution >= 4 is 22.2 Å². The van der Waals surface area contributed by atoms with Crippen molar-refractivity contribution < 1.29 is 13.9 Å². The topological polar surface area (TPSA) is 55.6 Å². The molecule has 2 heterocycles. The fourth-order valence-electron chi connectivity index (χ4n) is 2.81. The third-order valence-electron chi connectivity index (χ3n) is 4.35. The van der Waals surface area contributed by atoms with E-state index in [-0.39, 0.29) is 18.3 Å². The van der Waals surface area contributed by atoms with Gasteiger partial charge in [0.1, 0.15) is 11.6 Å². The van der Waals surface area contributed by atoms with Crippen molar-refractivity contribution in [3.8, 4) is 17.0 Å². The van der Waals surface area contributed by atoms with Gasteiger partial charge in [0.15, 0.2) is 11.6 Å². The average molecular weight is 395 g/mol. The van der Waals surface area contributed by atoms with E-state index in [1.165, 1.54) is 23.5 Å². The second kappa shape index (κ2) is 7.82. The molecule has 4 rings (SSSR count). The number of hydrogen-bond donors (Lipinski definition) is 1. The molecular formula is C21H18FN3O2S. The van der Waals surface area contributed by atoms with Crippen LogP contribution < -0.4 is 10.1 Å². The van der Waals surface area contributed by atoms with Crippen LogP contribution in [0.2, 0.25) is 0 Å². The van der Waals surface area contributed by atoms with Gasteiger partial charge in [0, 0.05) is 22.3 Å². The molecule has 1 amide bonds. The van der Waals surface area contributed by atoms with E-state index in [0.717, 1.165) is 26.8 Å². The number of nitrogens with one attached hydrogen (secondary N) is 1. The van der Waals surface area contributed by atoms with Crippen LogP contribution >= 0.6 is 11.3 Å². The zero-order chi connectivity index (χ0) is 19.5. The molecule has 0 unspecified atom stereocenters. The van der Waals surface area contributed by atoms with E-state index in [2.05, 4.69) is 10.3 Å². The number of para-hydroxylation sites is 1. The van der Waals surface area contributed by atoms with Crippen LogP contribution in [0, 0.1) is 12.7 Å². The number of ether oxygens (including phenoxy) is 1. The Labute approximate surface area is 165 Å². The Hall–Kier alpha value is -3.19. The minimum absolute atomic E-state index is 0.0275. The van der Waals surface area contributed by atoms with Crippen LogP contribution in [0.1, 0.15) is 10.6 Å². The Balaban J connectivity index is 1.40. The second-order valence-corrected chi connectivity index (χ2v) is 7.34. The average Bonchev–Trinajstić information content (AvgIpc) is 3.25. The number of hydrogen-bond acceptors (Lipinski definition) is 4. The summed E-state index contributed by atoms with van der Waals surface area (Å²) < 4.78 is 20.5. The zero-order valence-electron chi connectivity index (χ0n) is 15.2. The third-order valence-corrected chi connectivity index (χ3v) is 5.51. The minimum Gasteiger partial charge on any atom is -0.484 e. The van der Waals surface area contributed by atoms with Crippen LogP contribution in [0.4, 0.5) is 4.39 Å². The first-order chi connectivity index (χ1) is 13.6. The van der Waals surface area contributed by atoms with Gasteiger partial charge in [-0.05, 0) is 43.3 Å². The van der Waals surface area contributed by atoms with Crippen LogP contribution in [-0.2, 0) is 11.3 Å². The van der Waals surface area contributed by atoms with Crippen molar-refractivity contribution in [2.24, 2.45) is 0 Å². The van der Waals surface area contributed by atoms with Crippen molar-refractivity contribution in [1.29, 1.82) is 0 Å². The van der Waals surface area contributed by atoms with Crippen LogP contribution in [0.5, 0.6) is 5.75 Å². The second-order valence-electron chi connectivity index (χ2n) is 6.27. The number of carbonyl (C=O) groups is 1. The monoisotopic (exact) mass is 395 g/mol. The molecule has 7 heteroatoms. The van der Waals surface area contributed by atoms with Gasteiger partial charge >= 0.3 is 0 Å². The maximum absolute atomic E-state index is 13.1. The van der Waals surface area contributed by atoms with Gasteiger partial charge in [-0.15, -0.1) is 0 Å². The third kappa shape index (κ3) is 3.89. The quantitative estimate of drug-likeness (QED) is 0.532. The highest BCUT2D eigenvalue weighted by atomic mass is 32.1. The lowest BCUT2D eigenvalue weighted by Crippen LogP contribution is -2.28. The number of nitrogens with zero attached hydrogens (tertiary/aromatic N) is 2. The van der Waals surface area contributed by atoms with E-state index in [9.17, 15) is 9.18 Å². The largest absolute Gasteiger partial charge is 0.484 e. The Bertz CT molecular complexity index is 1100. The molecule has 28 heavy (non-hydrogen) atoms. The molecule has 0 aliphatic heterocycles. The number of thiazole rings is 1. The molecule has 0 saturated carbocycles. The lowest BCUT2D eigenvalue weighted by atomic mass is 10.2. The van der Waals surface area contributed by atoms with E-state index in [4.69, 9.17) is 4.74 Å². The van der Waals surface area contributed by atoms with Crippen molar-refractivity contribution in [3.63, 3.8) is 0 Å². The maximum Gasteiger partial charge on any atom is 0.258 e. The first-order valence-corrected chi connectivity index (χ1v) is 9.59. The van der Waals surface area contributed by atoms with Crippen LogP contribution in [0.15, 0.2) is 60.8 Å². The van der Waals surface area contributed by atoms with Crippen molar-refractivity contribution in [2.45, 2.75) is 13.5 Å². The molecule has 0 fully saturated rings. The molecule has 0 atom stereocenters. The Morgan fingerprint density at radius 1 is 1.18 bits per heavy atom. The summed E-state index contributed by atoms with van der Waals surface area (Å²) in [5.74, 6) is 0.216. The number of rotatable bonds is 6. The van der Waals surface area contributed by atoms with Gasteiger partial charge in [0.2, 0.25) is 0 Å². The molecule has 0 aliphatic carbocycles. The Morgan fingerprint density at radius 3 is 2.64 bits per heavy atom. The molecule has 5 nitrogen and oxygen atoms in total. The van der Waals surface area contributed by atoms with E-state index in [0.29, 0.717) is 12.3 Å². The van der Waals surface area contributed by atoms with E-state index in [1.807, 2.05) is 47.9 Å². The number of carbonyl (C=O) groups excluding carboxylic acids is 1. The fraction of sp³-hybridized carbons (Fsp3) is 0.143. The molecule has 0 saturated heterocycles. The van der Waals surface area contributed by atoms with Gasteiger partial charge < -0.3 is 10.1 Å². The number of halogens is 1. The van der Waals surface area contributed by atoms with E-state index >= 15 is 0 Å². The van der Waals surface area contributed by atoms with Gasteiger partial charge in [0.25, 0.3) is 5.91 Å². The predicted octanol–water partition coefficient (Wildman–Crippen LogP) is 4.21. The lowest BCUT2D eigenvalue weighted by Gasteiger charge is -2.07. The lowest BCUT2D eigenvalue weighted by molar-refractivity contribution is -0.123. The van der Waals surface area contributed by atoms with Crippen molar-refractivity contribution in [1.82, 2.24) is 14.7 Å². The molecule has 0 spiro atoms. The molecule has 2 aromatic heterocycles. The summed E-state index contributed by atoms with van der Waals surface area (Å²) in [6.07, 6.45) is 1.93. The highest BCUT2D eigenvalue weighted by Gasteiger charge is 2.13. The molecule has 142 valence electrons. The standard InChI is InChI=1S/C21H18FN3O2S/c1-14-19(11-23-20(26)13-27-17-5-3-2-4-6-17)28-21-24-18(12-25(14)21)15-7-9-16(22)10-8-15/h2-10,12H,11,13H2,1H3,(H,23,26). The molecule has 0 bridgehead atoms. The minimum atomic E-state index is -0.268. The molecule has 4 aromatic rings. The maximum atomic E-state index is 13.1. The summed E-state index contributed by atoms with van der Waals surface area (Å²) >= 11 is 1.52. The molecular weight excluding hydrogens is 377 g/mol. The normalized spacial score (nSPS) is 10.9. The number of imidazole rings is 1. The predicted molar refractivity (Wildman–Crippen MR) is 107 cm³/mol. The van der Waals surface area contributed by atoms with Gasteiger partial charge in [-0.2, -0.15) is 0 Å². The van der Waals surface area contributed by atoms with Crippen LogP contribution in [0.3, 0.4) is 0 Å². The summed E-state index contributed by atoms with van der Waals surface area (Å²) in [5.41, 5.74) is 2.68. The van der Waals surface area contributed by atoms with E-state index < -0.39 is 0 Å². The van der Waals surface area contributed by atoms with Gasteiger partial charge in [-0.25, -0.2) is 9.37 Å². The van der Waals surface area contributed by atoms with Gasteiger partial charge in [-0.1, -0.05) is 29.5 Å². The van der Waals surface area contributed by atoms with Crippen LogP contribution in [0.25, 0.3) is 16.2 Å². The summed E-state index contributed by atoms with van der Waals surface area (Å²) in [4.78, 5) is 18.5. The summed E-state index contributed by atoms with van der Waals surface area (Å²) in [6, 6.07) is 15.5. The van der Waals surface area contributed by atoms with Crippen molar-refractivity contribution in [3.05, 3.63) is 77.2 Å². The van der Waals surface area contributed by atoms with Crippen LogP contribution in [-0.4, -0.2) is 21.9 Å². The van der Waals surface area contributed by atoms with Gasteiger partial charge in [0.05, 0.1) is 12.2 Å². The van der Waals surface area contributed by atoms with E-state index in [1.54, 1.807) is 12.1 Å². The first-order valence-electron chi connectivity index (χ1n) is 8.78. The number of benzene rings is 2. The number of aryl methyl sites for hydroxylation is 1. The highest BCUT2D eigenvalue weighted by molar-refractivity contribution is 7.17. The molecule has 0 aliphatic rings. The number of amides is 1. The SMILES string of the molecule is Cc1c(CNC(=O)COc2ccccc2)sc2nc(-c3ccc(F)cc3)cn12. The summed E-state index contributed by atoms with van der Waals surface area (Å²) in [5, 5.41) is 2.88. The first kappa shape index (κ1) is 18.2. The number of aromatic nitrogens is 2. The van der Waals surface area contributed by atoms with Crippen molar-refractivity contribution in [2.75, 3.05) is 6.61 Å². The molecule has 0 radical (unpaired) electrons. The molecule has 1 N–H and O–H groups in total. The Morgan fingerprint density at radius 2 is 1.93 bits per heavy atom.